The largest absolute Gasteiger partial charge is 0.354 e. The van der Waals surface area contributed by atoms with Crippen molar-refractivity contribution in [3.8, 4) is 5.69 Å². The third-order valence-corrected chi connectivity index (χ3v) is 7.94. The number of hydrogen-bond acceptors (Lipinski definition) is 7. The monoisotopic (exact) mass is 453 g/mol. The zero-order chi connectivity index (χ0) is 22.1. The Labute approximate surface area is 188 Å². The summed E-state index contributed by atoms with van der Waals surface area (Å²) in [6, 6.07) is 10.7. The normalized spacial score (nSPS) is 17.8. The fourth-order valence-corrected chi connectivity index (χ4v) is 5.68. The molecule has 9 nitrogen and oxygen atoms in total. The molecule has 5 rings (SSSR count). The van der Waals surface area contributed by atoms with Crippen LogP contribution in [0.2, 0.25) is 0 Å². The van der Waals surface area contributed by atoms with Gasteiger partial charge >= 0.3 is 0 Å². The van der Waals surface area contributed by atoms with E-state index in [0.717, 1.165) is 36.2 Å². The van der Waals surface area contributed by atoms with E-state index in [4.69, 9.17) is 4.98 Å². The maximum atomic E-state index is 13.2. The van der Waals surface area contributed by atoms with Crippen LogP contribution in [-0.2, 0) is 10.0 Å². The maximum Gasteiger partial charge on any atom is 0.243 e. The van der Waals surface area contributed by atoms with Gasteiger partial charge in [0, 0.05) is 63.4 Å². The van der Waals surface area contributed by atoms with E-state index in [9.17, 15) is 8.42 Å². The third-order valence-electron chi connectivity index (χ3n) is 6.02. The predicted molar refractivity (Wildman–Crippen MR) is 123 cm³/mol. The molecule has 3 aromatic rings. The summed E-state index contributed by atoms with van der Waals surface area (Å²) in [6.07, 6.45) is 5.86. The molecule has 0 atom stereocenters. The van der Waals surface area contributed by atoms with E-state index >= 15 is 0 Å². The van der Waals surface area contributed by atoms with E-state index in [1.54, 1.807) is 39.4 Å². The summed E-state index contributed by atoms with van der Waals surface area (Å²) in [5, 5.41) is 4.18. The van der Waals surface area contributed by atoms with Gasteiger partial charge in [0.2, 0.25) is 16.0 Å². The molecule has 2 aliphatic heterocycles. The fourth-order valence-electron chi connectivity index (χ4n) is 4.26. The molecule has 0 amide bonds. The third kappa shape index (κ3) is 4.07. The summed E-state index contributed by atoms with van der Waals surface area (Å²) in [5.74, 6) is 1.66. The van der Waals surface area contributed by atoms with Crippen LogP contribution >= 0.6 is 0 Å². The first-order valence-electron chi connectivity index (χ1n) is 11.0. The minimum Gasteiger partial charge on any atom is -0.354 e. The van der Waals surface area contributed by atoms with Gasteiger partial charge in [-0.3, -0.25) is 0 Å². The Morgan fingerprint density at radius 3 is 2.25 bits per heavy atom. The van der Waals surface area contributed by atoms with Crippen molar-refractivity contribution in [2.75, 3.05) is 49.1 Å². The summed E-state index contributed by atoms with van der Waals surface area (Å²) in [4.78, 5) is 14.1. The molecule has 10 heteroatoms. The van der Waals surface area contributed by atoms with Crippen LogP contribution in [0.15, 0.2) is 53.7 Å². The molecule has 2 aromatic heterocycles. The number of benzene rings is 1. The van der Waals surface area contributed by atoms with E-state index in [1.807, 2.05) is 25.3 Å². The van der Waals surface area contributed by atoms with Gasteiger partial charge in [0.05, 0.1) is 10.6 Å². The Morgan fingerprint density at radius 1 is 0.875 bits per heavy atom. The second-order valence-electron chi connectivity index (χ2n) is 8.20. The van der Waals surface area contributed by atoms with Crippen molar-refractivity contribution in [3.05, 3.63) is 54.5 Å². The molecule has 2 fully saturated rings. The van der Waals surface area contributed by atoms with E-state index in [0.29, 0.717) is 31.1 Å². The Bertz CT molecular complexity index is 1170. The summed E-state index contributed by atoms with van der Waals surface area (Å²) >= 11 is 0. The van der Waals surface area contributed by atoms with E-state index in [-0.39, 0.29) is 0 Å². The van der Waals surface area contributed by atoms with Crippen molar-refractivity contribution in [2.24, 2.45) is 0 Å². The van der Waals surface area contributed by atoms with Gasteiger partial charge in [0.1, 0.15) is 5.82 Å². The average Bonchev–Trinajstić information content (AvgIpc) is 3.53. The molecule has 4 heterocycles. The predicted octanol–water partition coefficient (Wildman–Crippen LogP) is 2.08. The van der Waals surface area contributed by atoms with Crippen LogP contribution in [0.4, 0.5) is 11.8 Å². The molecule has 2 aliphatic rings. The molecule has 0 radical (unpaired) electrons. The molecule has 0 saturated carbocycles. The first-order valence-corrected chi connectivity index (χ1v) is 12.4. The van der Waals surface area contributed by atoms with Crippen molar-refractivity contribution in [2.45, 2.75) is 24.7 Å². The van der Waals surface area contributed by atoms with Crippen LogP contribution in [0, 0.1) is 6.92 Å². The topological polar surface area (TPSA) is 87.5 Å². The van der Waals surface area contributed by atoms with E-state index in [1.165, 1.54) is 12.8 Å². The van der Waals surface area contributed by atoms with Gasteiger partial charge in [-0.15, -0.1) is 0 Å². The lowest BCUT2D eigenvalue weighted by atomic mass is 10.3. The van der Waals surface area contributed by atoms with Crippen molar-refractivity contribution in [1.82, 2.24) is 24.1 Å². The van der Waals surface area contributed by atoms with Gasteiger partial charge in [-0.25, -0.2) is 18.1 Å². The van der Waals surface area contributed by atoms with Crippen LogP contribution < -0.4 is 9.80 Å². The first-order chi connectivity index (χ1) is 15.5. The number of piperazine rings is 1. The molecular weight excluding hydrogens is 426 g/mol. The zero-order valence-corrected chi connectivity index (χ0v) is 18.9. The van der Waals surface area contributed by atoms with Crippen LogP contribution in [0.25, 0.3) is 5.69 Å². The highest BCUT2D eigenvalue weighted by Crippen LogP contribution is 2.24. The Morgan fingerprint density at radius 2 is 1.59 bits per heavy atom. The van der Waals surface area contributed by atoms with Gasteiger partial charge in [-0.05, 0) is 50.1 Å². The second-order valence-corrected chi connectivity index (χ2v) is 10.1. The summed E-state index contributed by atoms with van der Waals surface area (Å²) in [6.45, 7) is 6.01. The smallest absolute Gasteiger partial charge is 0.243 e. The number of aryl methyl sites for hydroxylation is 1. The summed E-state index contributed by atoms with van der Waals surface area (Å²) < 4.78 is 29.6. The zero-order valence-electron chi connectivity index (χ0n) is 18.1. The van der Waals surface area contributed by atoms with E-state index < -0.39 is 10.0 Å². The molecule has 0 aliphatic carbocycles. The Kier molecular flexibility index (Phi) is 5.56. The number of hydrogen-bond donors (Lipinski definition) is 0. The van der Waals surface area contributed by atoms with Gasteiger partial charge in [0.25, 0.3) is 0 Å². The summed E-state index contributed by atoms with van der Waals surface area (Å²) in [7, 11) is -3.55. The quantitative estimate of drug-likeness (QED) is 0.584. The SMILES string of the molecule is Cc1cc(N2CCN(S(=O)(=O)c3ccc(-n4cccn4)cc3)CC2)nc(N2CCCC2)n1. The minimum atomic E-state index is -3.55. The number of aromatic nitrogens is 4. The molecule has 0 spiro atoms. The van der Waals surface area contributed by atoms with Crippen molar-refractivity contribution >= 4 is 21.8 Å². The molecule has 32 heavy (non-hydrogen) atoms. The fraction of sp³-hybridized carbons (Fsp3) is 0.409. The van der Waals surface area contributed by atoms with Crippen LogP contribution in [-0.4, -0.2) is 71.7 Å². The number of sulfonamides is 1. The highest BCUT2D eigenvalue weighted by Gasteiger charge is 2.29. The first kappa shape index (κ1) is 20.9. The van der Waals surface area contributed by atoms with Gasteiger partial charge in [-0.1, -0.05) is 0 Å². The van der Waals surface area contributed by atoms with E-state index in [2.05, 4.69) is 19.9 Å². The van der Waals surface area contributed by atoms with Crippen LogP contribution in [0.5, 0.6) is 0 Å². The van der Waals surface area contributed by atoms with Crippen LogP contribution in [0.3, 0.4) is 0 Å². The van der Waals surface area contributed by atoms with Gasteiger partial charge in [0.15, 0.2) is 0 Å². The molecule has 168 valence electrons. The number of rotatable bonds is 5. The highest BCUT2D eigenvalue weighted by molar-refractivity contribution is 7.89. The van der Waals surface area contributed by atoms with Crippen LogP contribution in [0.1, 0.15) is 18.5 Å². The minimum absolute atomic E-state index is 0.302. The van der Waals surface area contributed by atoms with Crippen molar-refractivity contribution in [1.29, 1.82) is 0 Å². The summed E-state index contributed by atoms with van der Waals surface area (Å²) in [5.41, 5.74) is 1.76. The number of anilines is 2. The number of nitrogens with zero attached hydrogens (tertiary/aromatic N) is 7. The highest BCUT2D eigenvalue weighted by atomic mass is 32.2. The Balaban J connectivity index is 1.28. The molecule has 2 saturated heterocycles. The second kappa shape index (κ2) is 8.51. The maximum absolute atomic E-state index is 13.2. The van der Waals surface area contributed by atoms with Crippen molar-refractivity contribution in [3.63, 3.8) is 0 Å². The standard InChI is InChI=1S/C22H27N7O2S/c1-18-17-21(25-22(24-18)27-10-2-3-11-27)26-13-15-28(16-14-26)32(30,31)20-7-5-19(6-8-20)29-12-4-9-23-29/h4-9,12,17H,2-3,10-11,13-16H2,1H3. The van der Waals surface area contributed by atoms with Gasteiger partial charge < -0.3 is 9.80 Å². The lowest BCUT2D eigenvalue weighted by molar-refractivity contribution is 0.383. The lowest BCUT2D eigenvalue weighted by Crippen LogP contribution is -2.49. The van der Waals surface area contributed by atoms with Gasteiger partial charge in [-0.2, -0.15) is 14.4 Å². The molecule has 0 N–H and O–H groups in total. The van der Waals surface area contributed by atoms with Crippen molar-refractivity contribution < 1.29 is 8.42 Å². The average molecular weight is 454 g/mol. The molecule has 1 aromatic carbocycles. The Hall–Kier alpha value is -2.98. The molecule has 0 bridgehead atoms. The lowest BCUT2D eigenvalue weighted by Gasteiger charge is -2.35. The molecule has 0 unspecified atom stereocenters. The molecular formula is C22H27N7O2S.